The van der Waals surface area contributed by atoms with Crippen molar-refractivity contribution in [3.63, 3.8) is 0 Å². The summed E-state index contributed by atoms with van der Waals surface area (Å²) in [5.74, 6) is 0.670. The molecule has 0 aromatic rings. The average molecular weight is 270 g/mol. The zero-order valence-corrected chi connectivity index (χ0v) is 12.5. The van der Waals surface area contributed by atoms with Gasteiger partial charge in [-0.1, -0.05) is 0 Å². The van der Waals surface area contributed by atoms with Crippen LogP contribution in [0.15, 0.2) is 0 Å². The third-order valence-electron chi connectivity index (χ3n) is 3.71. The Balaban J connectivity index is 1.86. The second-order valence-electron chi connectivity index (χ2n) is 6.77. The van der Waals surface area contributed by atoms with E-state index >= 15 is 0 Å². The van der Waals surface area contributed by atoms with Crippen LogP contribution in [0.1, 0.15) is 33.6 Å². The maximum atomic E-state index is 12.1. The normalized spacial score (nSPS) is 31.2. The molecule has 0 unspecified atom stereocenters. The lowest BCUT2D eigenvalue weighted by atomic mass is 9.70. The number of amides is 1. The lowest BCUT2D eigenvalue weighted by molar-refractivity contribution is -0.169. The van der Waals surface area contributed by atoms with Gasteiger partial charge in [-0.25, -0.2) is 4.79 Å². The van der Waals surface area contributed by atoms with Crippen molar-refractivity contribution in [3.8, 4) is 0 Å². The summed E-state index contributed by atoms with van der Waals surface area (Å²) in [6, 6.07) is 0. The van der Waals surface area contributed by atoms with E-state index in [2.05, 4.69) is 5.32 Å². The first-order valence-electron chi connectivity index (χ1n) is 7.10. The second kappa shape index (κ2) is 5.29. The lowest BCUT2D eigenvalue weighted by Gasteiger charge is -2.52. The van der Waals surface area contributed by atoms with E-state index in [1.54, 1.807) is 4.90 Å². The van der Waals surface area contributed by atoms with E-state index in [0.29, 0.717) is 25.6 Å². The van der Waals surface area contributed by atoms with Crippen LogP contribution in [0.3, 0.4) is 0 Å². The standard InChI is InChI=1S/C14H26N2O3/c1-13(2,3)19-12(17)16-5-6-18-14(10-16)7-11(8-14)9-15-4/h11,15H,5-10H2,1-4H3. The van der Waals surface area contributed by atoms with Crippen LogP contribution >= 0.6 is 0 Å². The minimum Gasteiger partial charge on any atom is -0.444 e. The predicted octanol–water partition coefficient (Wildman–Crippen LogP) is 1.62. The molecule has 1 saturated carbocycles. The van der Waals surface area contributed by atoms with Crippen LogP contribution in [-0.2, 0) is 9.47 Å². The zero-order valence-electron chi connectivity index (χ0n) is 12.5. The van der Waals surface area contributed by atoms with Crippen molar-refractivity contribution in [2.45, 2.75) is 44.8 Å². The largest absolute Gasteiger partial charge is 0.444 e. The summed E-state index contributed by atoms with van der Waals surface area (Å²) in [5.41, 5.74) is -0.548. The number of ether oxygens (including phenoxy) is 2. The quantitative estimate of drug-likeness (QED) is 0.828. The first kappa shape index (κ1) is 14.6. The summed E-state index contributed by atoms with van der Waals surface area (Å²) in [4.78, 5) is 13.9. The molecule has 0 atom stereocenters. The van der Waals surface area contributed by atoms with Gasteiger partial charge in [0, 0.05) is 6.54 Å². The molecule has 1 amide bonds. The number of nitrogens with zero attached hydrogens (tertiary/aromatic N) is 1. The number of hydrogen-bond acceptors (Lipinski definition) is 4. The van der Waals surface area contributed by atoms with E-state index in [4.69, 9.17) is 9.47 Å². The molecule has 2 fully saturated rings. The zero-order chi connectivity index (χ0) is 14.1. The van der Waals surface area contributed by atoms with E-state index in [9.17, 15) is 4.79 Å². The molecule has 1 spiro atoms. The molecule has 0 aromatic heterocycles. The topological polar surface area (TPSA) is 50.8 Å². The first-order chi connectivity index (χ1) is 8.84. The van der Waals surface area contributed by atoms with Crippen LogP contribution in [0.2, 0.25) is 0 Å². The van der Waals surface area contributed by atoms with E-state index < -0.39 is 5.60 Å². The number of morpholine rings is 1. The maximum Gasteiger partial charge on any atom is 0.410 e. The number of hydrogen-bond donors (Lipinski definition) is 1. The van der Waals surface area contributed by atoms with Crippen LogP contribution in [0.25, 0.3) is 0 Å². The van der Waals surface area contributed by atoms with E-state index in [1.165, 1.54) is 0 Å². The van der Waals surface area contributed by atoms with Crippen molar-refractivity contribution in [2.24, 2.45) is 5.92 Å². The van der Waals surface area contributed by atoms with Gasteiger partial charge >= 0.3 is 6.09 Å². The molecule has 0 radical (unpaired) electrons. The SMILES string of the molecule is CNCC1CC2(C1)CN(C(=O)OC(C)(C)C)CCO2. The van der Waals surface area contributed by atoms with Crippen LogP contribution in [0.5, 0.6) is 0 Å². The van der Waals surface area contributed by atoms with Crippen LogP contribution < -0.4 is 5.32 Å². The van der Waals surface area contributed by atoms with Gasteiger partial charge in [0.2, 0.25) is 0 Å². The molecule has 5 heteroatoms. The fraction of sp³-hybridized carbons (Fsp3) is 0.929. The van der Waals surface area contributed by atoms with Gasteiger partial charge < -0.3 is 19.7 Å². The number of carbonyl (C=O) groups excluding carboxylic acids is 1. The molecule has 0 aromatic carbocycles. The Hall–Kier alpha value is -0.810. The molecule has 2 rings (SSSR count). The van der Waals surface area contributed by atoms with Crippen molar-refractivity contribution >= 4 is 6.09 Å². The van der Waals surface area contributed by atoms with Crippen molar-refractivity contribution in [1.29, 1.82) is 0 Å². The average Bonchev–Trinajstić information content (AvgIpc) is 2.25. The summed E-state index contributed by atoms with van der Waals surface area (Å²) in [6.45, 7) is 8.63. The Kier molecular flexibility index (Phi) is 4.06. The molecule has 5 nitrogen and oxygen atoms in total. The van der Waals surface area contributed by atoms with Gasteiger partial charge in [0.25, 0.3) is 0 Å². The molecule has 1 aliphatic carbocycles. The second-order valence-corrected chi connectivity index (χ2v) is 6.77. The van der Waals surface area contributed by atoms with Crippen LogP contribution in [0, 0.1) is 5.92 Å². The molecular weight excluding hydrogens is 244 g/mol. The van der Waals surface area contributed by atoms with Crippen molar-refractivity contribution in [1.82, 2.24) is 10.2 Å². The fourth-order valence-corrected chi connectivity index (χ4v) is 3.00. The molecule has 1 aliphatic heterocycles. The molecule has 1 N–H and O–H groups in total. The molecule has 1 heterocycles. The van der Waals surface area contributed by atoms with Gasteiger partial charge in [-0.3, -0.25) is 0 Å². The first-order valence-corrected chi connectivity index (χ1v) is 7.10. The summed E-state index contributed by atoms with van der Waals surface area (Å²) in [6.07, 6.45) is 1.85. The Morgan fingerprint density at radius 3 is 2.74 bits per heavy atom. The number of nitrogens with one attached hydrogen (secondary N) is 1. The van der Waals surface area contributed by atoms with Crippen molar-refractivity contribution in [3.05, 3.63) is 0 Å². The smallest absolute Gasteiger partial charge is 0.410 e. The van der Waals surface area contributed by atoms with Gasteiger partial charge in [-0.2, -0.15) is 0 Å². The summed E-state index contributed by atoms with van der Waals surface area (Å²) in [5, 5.41) is 3.20. The van der Waals surface area contributed by atoms with Gasteiger partial charge in [0.1, 0.15) is 5.60 Å². The van der Waals surface area contributed by atoms with Crippen molar-refractivity contribution in [2.75, 3.05) is 33.3 Å². The third-order valence-corrected chi connectivity index (χ3v) is 3.71. The van der Waals surface area contributed by atoms with Gasteiger partial charge in [-0.05, 0) is 53.1 Å². The minimum absolute atomic E-state index is 0.114. The summed E-state index contributed by atoms with van der Waals surface area (Å²) < 4.78 is 11.3. The van der Waals surface area contributed by atoms with Crippen LogP contribution in [-0.4, -0.2) is 55.5 Å². The molecule has 19 heavy (non-hydrogen) atoms. The Morgan fingerprint density at radius 1 is 1.47 bits per heavy atom. The molecule has 2 aliphatic rings. The monoisotopic (exact) mass is 270 g/mol. The summed E-state index contributed by atoms with van der Waals surface area (Å²) >= 11 is 0. The molecule has 110 valence electrons. The van der Waals surface area contributed by atoms with E-state index in [-0.39, 0.29) is 11.7 Å². The predicted molar refractivity (Wildman–Crippen MR) is 73.1 cm³/mol. The minimum atomic E-state index is -0.434. The van der Waals surface area contributed by atoms with Crippen molar-refractivity contribution < 1.29 is 14.3 Å². The molecular formula is C14H26N2O3. The van der Waals surface area contributed by atoms with Crippen LogP contribution in [0.4, 0.5) is 4.79 Å². The fourth-order valence-electron chi connectivity index (χ4n) is 3.00. The maximum absolute atomic E-state index is 12.1. The van der Waals surface area contributed by atoms with E-state index in [1.807, 2.05) is 27.8 Å². The molecule has 0 bridgehead atoms. The highest BCUT2D eigenvalue weighted by atomic mass is 16.6. The third kappa shape index (κ3) is 3.60. The molecule has 1 saturated heterocycles. The highest BCUT2D eigenvalue weighted by Crippen LogP contribution is 2.42. The summed E-state index contributed by atoms with van der Waals surface area (Å²) in [7, 11) is 1.97. The number of rotatable bonds is 2. The number of carbonyl (C=O) groups is 1. The Labute approximate surface area is 115 Å². The lowest BCUT2D eigenvalue weighted by Crippen LogP contribution is -2.61. The van der Waals surface area contributed by atoms with E-state index in [0.717, 1.165) is 19.4 Å². The Morgan fingerprint density at radius 2 is 2.16 bits per heavy atom. The van der Waals surface area contributed by atoms with Gasteiger partial charge in [0.05, 0.1) is 18.8 Å². The van der Waals surface area contributed by atoms with Gasteiger partial charge in [0.15, 0.2) is 0 Å². The van der Waals surface area contributed by atoms with Gasteiger partial charge in [-0.15, -0.1) is 0 Å². The highest BCUT2D eigenvalue weighted by molar-refractivity contribution is 5.68. The highest BCUT2D eigenvalue weighted by Gasteiger charge is 2.49. The Bertz CT molecular complexity index is 332.